The Morgan fingerprint density at radius 3 is 2.70 bits per heavy atom. The predicted octanol–water partition coefficient (Wildman–Crippen LogP) is 2.56. The molecule has 0 spiro atoms. The van der Waals surface area contributed by atoms with Gasteiger partial charge in [-0.25, -0.2) is 9.97 Å². The lowest BCUT2D eigenvalue weighted by atomic mass is 10.2. The van der Waals surface area contributed by atoms with E-state index in [0.717, 1.165) is 61.5 Å². The van der Waals surface area contributed by atoms with E-state index >= 15 is 0 Å². The highest BCUT2D eigenvalue weighted by molar-refractivity contribution is 5.97. The van der Waals surface area contributed by atoms with Crippen LogP contribution in [-0.4, -0.2) is 78.7 Å². The molecule has 8 nitrogen and oxygen atoms in total. The van der Waals surface area contributed by atoms with Gasteiger partial charge in [0, 0.05) is 62.2 Å². The van der Waals surface area contributed by atoms with Gasteiger partial charge in [0.25, 0.3) is 0 Å². The van der Waals surface area contributed by atoms with Crippen LogP contribution in [0.25, 0.3) is 10.9 Å². The minimum Gasteiger partial charge on any atom is -0.383 e. The van der Waals surface area contributed by atoms with E-state index in [2.05, 4.69) is 36.3 Å². The van der Waals surface area contributed by atoms with Crippen molar-refractivity contribution in [2.24, 2.45) is 0 Å². The zero-order valence-corrected chi connectivity index (χ0v) is 18.8. The highest BCUT2D eigenvalue weighted by Crippen LogP contribution is 2.26. The fourth-order valence-corrected chi connectivity index (χ4v) is 3.85. The summed E-state index contributed by atoms with van der Waals surface area (Å²) in [4.78, 5) is 25.9. The molecule has 1 saturated heterocycles. The number of nitrogens with one attached hydrogen (secondary N) is 2. The molecule has 1 fully saturated rings. The van der Waals surface area contributed by atoms with E-state index in [1.165, 1.54) is 6.33 Å². The fourth-order valence-electron chi connectivity index (χ4n) is 3.85. The first-order chi connectivity index (χ1) is 16.1. The minimum absolute atomic E-state index is 0.0345. The summed E-state index contributed by atoms with van der Waals surface area (Å²) in [6.07, 6.45) is 7.02. The molecule has 2 aromatic carbocycles. The highest BCUT2D eigenvalue weighted by Gasteiger charge is 2.19. The van der Waals surface area contributed by atoms with Gasteiger partial charge in [-0.2, -0.15) is 0 Å². The van der Waals surface area contributed by atoms with Gasteiger partial charge in [0.2, 0.25) is 5.91 Å². The van der Waals surface area contributed by atoms with Crippen LogP contribution < -0.4 is 10.6 Å². The van der Waals surface area contributed by atoms with Crippen LogP contribution in [0.1, 0.15) is 5.56 Å². The lowest BCUT2D eigenvalue weighted by molar-refractivity contribution is -0.117. The number of nitrogens with zero attached hydrogens (tertiary/aromatic N) is 4. The SMILES string of the molecule is C#Cc1cccc(Nc2ncnc3ccc(NC(=O)CN4CCN(CCOC)CC4)cc23)c1. The smallest absolute Gasteiger partial charge is 0.238 e. The molecule has 0 bridgehead atoms. The summed E-state index contributed by atoms with van der Waals surface area (Å²) < 4.78 is 5.14. The second-order valence-corrected chi connectivity index (χ2v) is 7.96. The van der Waals surface area contributed by atoms with Crippen molar-refractivity contribution in [3.05, 3.63) is 54.4 Å². The maximum atomic E-state index is 12.7. The summed E-state index contributed by atoms with van der Waals surface area (Å²) >= 11 is 0. The molecular weight excluding hydrogens is 416 g/mol. The quantitative estimate of drug-likeness (QED) is 0.517. The Hall–Kier alpha value is -3.51. The number of hydrogen-bond donors (Lipinski definition) is 2. The van der Waals surface area contributed by atoms with Crippen LogP contribution >= 0.6 is 0 Å². The van der Waals surface area contributed by atoms with E-state index < -0.39 is 0 Å². The van der Waals surface area contributed by atoms with E-state index in [0.29, 0.717) is 18.1 Å². The Balaban J connectivity index is 1.41. The molecule has 2 N–H and O–H groups in total. The van der Waals surface area contributed by atoms with Crippen molar-refractivity contribution in [2.75, 3.05) is 63.6 Å². The molecular formula is C25H28N6O2. The molecule has 0 unspecified atom stereocenters. The molecule has 170 valence electrons. The van der Waals surface area contributed by atoms with Crippen molar-refractivity contribution < 1.29 is 9.53 Å². The van der Waals surface area contributed by atoms with Gasteiger partial charge in [0.15, 0.2) is 0 Å². The second-order valence-electron chi connectivity index (χ2n) is 7.96. The third-order valence-corrected chi connectivity index (χ3v) is 5.65. The Bertz CT molecular complexity index is 1150. The molecule has 0 radical (unpaired) electrons. The number of piperazine rings is 1. The number of methoxy groups -OCH3 is 1. The number of ether oxygens (including phenoxy) is 1. The third kappa shape index (κ3) is 6.05. The largest absolute Gasteiger partial charge is 0.383 e. The molecule has 0 saturated carbocycles. The number of amides is 1. The first-order valence-corrected chi connectivity index (χ1v) is 11.0. The standard InChI is InChI=1S/C25H28N6O2/c1-3-19-5-4-6-20(15-19)29-25-22-16-21(7-8-23(22)26-18-27-25)28-24(32)17-31-11-9-30(10-12-31)13-14-33-2/h1,4-8,15-16,18H,9-14,17H2,2H3,(H,28,32)(H,26,27,29). The summed E-state index contributed by atoms with van der Waals surface area (Å²) in [6, 6.07) is 13.2. The van der Waals surface area contributed by atoms with Crippen LogP contribution in [0.3, 0.4) is 0 Å². The molecule has 1 aliphatic rings. The van der Waals surface area contributed by atoms with Crippen LogP contribution in [0.15, 0.2) is 48.8 Å². The minimum atomic E-state index is -0.0345. The number of anilines is 3. The summed E-state index contributed by atoms with van der Waals surface area (Å²) in [5.41, 5.74) is 3.11. The van der Waals surface area contributed by atoms with E-state index in [1.54, 1.807) is 7.11 Å². The van der Waals surface area contributed by atoms with E-state index in [9.17, 15) is 4.79 Å². The number of carbonyl (C=O) groups excluding carboxylic acids is 1. The van der Waals surface area contributed by atoms with Gasteiger partial charge < -0.3 is 15.4 Å². The molecule has 1 aromatic heterocycles. The fraction of sp³-hybridized carbons (Fsp3) is 0.320. The van der Waals surface area contributed by atoms with Crippen molar-refractivity contribution in [3.8, 4) is 12.3 Å². The first-order valence-electron chi connectivity index (χ1n) is 11.0. The van der Waals surface area contributed by atoms with Crippen LogP contribution in [0.5, 0.6) is 0 Å². The predicted molar refractivity (Wildman–Crippen MR) is 131 cm³/mol. The summed E-state index contributed by atoms with van der Waals surface area (Å²) in [6.45, 7) is 5.66. The molecule has 33 heavy (non-hydrogen) atoms. The molecule has 0 atom stereocenters. The van der Waals surface area contributed by atoms with Crippen LogP contribution in [0.2, 0.25) is 0 Å². The van der Waals surface area contributed by atoms with Gasteiger partial charge in [-0.3, -0.25) is 14.6 Å². The van der Waals surface area contributed by atoms with Gasteiger partial charge in [-0.05, 0) is 36.4 Å². The van der Waals surface area contributed by atoms with Gasteiger partial charge in [-0.1, -0.05) is 12.0 Å². The Morgan fingerprint density at radius 2 is 1.91 bits per heavy atom. The zero-order valence-electron chi connectivity index (χ0n) is 18.8. The van der Waals surface area contributed by atoms with E-state index in [1.807, 2.05) is 42.5 Å². The number of aromatic nitrogens is 2. The van der Waals surface area contributed by atoms with Gasteiger partial charge in [0.05, 0.1) is 18.7 Å². The average Bonchev–Trinajstić information content (AvgIpc) is 2.84. The topological polar surface area (TPSA) is 82.6 Å². The highest BCUT2D eigenvalue weighted by atomic mass is 16.5. The third-order valence-electron chi connectivity index (χ3n) is 5.65. The molecule has 2 heterocycles. The van der Waals surface area contributed by atoms with Gasteiger partial charge >= 0.3 is 0 Å². The maximum absolute atomic E-state index is 12.7. The van der Waals surface area contributed by atoms with Crippen molar-refractivity contribution in [1.29, 1.82) is 0 Å². The monoisotopic (exact) mass is 444 g/mol. The number of benzene rings is 2. The lowest BCUT2D eigenvalue weighted by Gasteiger charge is -2.34. The summed E-state index contributed by atoms with van der Waals surface area (Å²) in [5.74, 6) is 3.25. The van der Waals surface area contributed by atoms with Crippen molar-refractivity contribution in [3.63, 3.8) is 0 Å². The van der Waals surface area contributed by atoms with Gasteiger partial charge in [-0.15, -0.1) is 6.42 Å². The molecule has 1 aliphatic heterocycles. The van der Waals surface area contributed by atoms with Crippen LogP contribution in [0.4, 0.5) is 17.2 Å². The molecule has 4 rings (SSSR count). The van der Waals surface area contributed by atoms with Gasteiger partial charge in [0.1, 0.15) is 12.1 Å². The normalized spacial score (nSPS) is 14.7. The molecule has 1 amide bonds. The Morgan fingerprint density at radius 1 is 1.09 bits per heavy atom. The average molecular weight is 445 g/mol. The number of rotatable bonds is 8. The Labute approximate surface area is 194 Å². The number of hydrogen-bond acceptors (Lipinski definition) is 7. The summed E-state index contributed by atoms with van der Waals surface area (Å²) in [7, 11) is 1.72. The van der Waals surface area contributed by atoms with Crippen molar-refractivity contribution in [2.45, 2.75) is 0 Å². The van der Waals surface area contributed by atoms with Crippen molar-refractivity contribution in [1.82, 2.24) is 19.8 Å². The summed E-state index contributed by atoms with van der Waals surface area (Å²) in [5, 5.41) is 7.13. The van der Waals surface area contributed by atoms with Crippen molar-refractivity contribution >= 4 is 34.0 Å². The lowest BCUT2D eigenvalue weighted by Crippen LogP contribution is -2.49. The van der Waals surface area contributed by atoms with E-state index in [-0.39, 0.29) is 5.91 Å². The maximum Gasteiger partial charge on any atom is 0.238 e. The Kier molecular flexibility index (Phi) is 7.47. The molecule has 0 aliphatic carbocycles. The van der Waals surface area contributed by atoms with Crippen LogP contribution in [-0.2, 0) is 9.53 Å². The molecule has 3 aromatic rings. The molecule has 8 heteroatoms. The number of terminal acetylenes is 1. The number of carbonyl (C=O) groups is 1. The zero-order chi connectivity index (χ0) is 23.0. The number of fused-ring (bicyclic) bond motifs is 1. The van der Waals surface area contributed by atoms with Crippen LogP contribution in [0, 0.1) is 12.3 Å². The van der Waals surface area contributed by atoms with E-state index in [4.69, 9.17) is 11.2 Å². The first kappa shape index (κ1) is 22.7. The second kappa shape index (κ2) is 10.9.